The third-order valence-corrected chi connectivity index (χ3v) is 3.97. The summed E-state index contributed by atoms with van der Waals surface area (Å²) in [5.41, 5.74) is 5.80. The van der Waals surface area contributed by atoms with Crippen molar-refractivity contribution in [2.24, 2.45) is 10.9 Å². The molecular formula is C11H13N5O4S. The van der Waals surface area contributed by atoms with Crippen molar-refractivity contribution in [3.8, 4) is 5.75 Å². The number of benzene rings is 1. The van der Waals surface area contributed by atoms with Crippen molar-refractivity contribution in [2.45, 2.75) is 4.90 Å². The molecule has 0 radical (unpaired) electrons. The van der Waals surface area contributed by atoms with E-state index >= 15 is 0 Å². The molecule has 2 rings (SSSR count). The first-order valence-electron chi connectivity index (χ1n) is 5.66. The molecule has 5 N–H and O–H groups in total. The number of aromatic nitrogens is 2. The Bertz CT molecular complexity index is 755. The summed E-state index contributed by atoms with van der Waals surface area (Å²) < 4.78 is 31.9. The molecule has 112 valence electrons. The van der Waals surface area contributed by atoms with Crippen LogP contribution in [0.1, 0.15) is 5.56 Å². The molecule has 0 saturated carbocycles. The Morgan fingerprint density at radius 1 is 1.52 bits per heavy atom. The van der Waals surface area contributed by atoms with Crippen LogP contribution < -0.4 is 15.2 Å². The lowest BCUT2D eigenvalue weighted by Gasteiger charge is -2.14. The second kappa shape index (κ2) is 5.71. The van der Waals surface area contributed by atoms with Crippen LogP contribution in [0.5, 0.6) is 5.75 Å². The van der Waals surface area contributed by atoms with Crippen molar-refractivity contribution in [3.05, 3.63) is 36.2 Å². The lowest BCUT2D eigenvalue weighted by atomic mass is 10.1. The fourth-order valence-corrected chi connectivity index (χ4v) is 2.65. The highest BCUT2D eigenvalue weighted by Crippen LogP contribution is 2.30. The summed E-state index contributed by atoms with van der Waals surface area (Å²) in [5.74, 6) is -0.0232. The van der Waals surface area contributed by atoms with Gasteiger partial charge in [-0.05, 0) is 12.1 Å². The maximum absolute atomic E-state index is 12.2. The summed E-state index contributed by atoms with van der Waals surface area (Å²) in [7, 11) is -2.51. The number of ether oxygens (including phenoxy) is 1. The van der Waals surface area contributed by atoms with Gasteiger partial charge in [-0.3, -0.25) is 9.82 Å². The van der Waals surface area contributed by atoms with Gasteiger partial charge in [0.05, 0.1) is 13.3 Å². The van der Waals surface area contributed by atoms with Crippen LogP contribution in [0.4, 0.5) is 5.69 Å². The van der Waals surface area contributed by atoms with Gasteiger partial charge < -0.3 is 15.7 Å². The fourth-order valence-electron chi connectivity index (χ4n) is 1.65. The minimum Gasteiger partial charge on any atom is -0.495 e. The predicted octanol–water partition coefficient (Wildman–Crippen LogP) is 0.314. The van der Waals surface area contributed by atoms with Crippen molar-refractivity contribution < 1.29 is 18.4 Å². The lowest BCUT2D eigenvalue weighted by Crippen LogP contribution is -2.20. The monoisotopic (exact) mass is 311 g/mol. The van der Waals surface area contributed by atoms with E-state index in [1.807, 2.05) is 0 Å². The van der Waals surface area contributed by atoms with Crippen molar-refractivity contribution in [1.29, 1.82) is 0 Å². The van der Waals surface area contributed by atoms with Gasteiger partial charge in [-0.2, -0.15) is 5.10 Å². The molecule has 10 heteroatoms. The first kappa shape index (κ1) is 14.7. The SMILES string of the molecule is COc1cccc(/C(N)=N/O)c1NS(=O)(=O)c1cn[nH]c1. The first-order valence-corrected chi connectivity index (χ1v) is 7.14. The molecule has 0 unspecified atom stereocenters. The number of rotatable bonds is 5. The smallest absolute Gasteiger partial charge is 0.265 e. The zero-order valence-electron chi connectivity index (χ0n) is 10.9. The van der Waals surface area contributed by atoms with E-state index in [1.54, 1.807) is 12.1 Å². The number of hydrogen-bond acceptors (Lipinski definition) is 6. The van der Waals surface area contributed by atoms with Gasteiger partial charge in [0.1, 0.15) is 16.3 Å². The molecule has 2 aromatic rings. The van der Waals surface area contributed by atoms with Crippen LogP contribution in [-0.4, -0.2) is 36.8 Å². The van der Waals surface area contributed by atoms with Crippen LogP contribution >= 0.6 is 0 Å². The van der Waals surface area contributed by atoms with E-state index in [2.05, 4.69) is 20.1 Å². The summed E-state index contributed by atoms with van der Waals surface area (Å²) in [5, 5.41) is 17.7. The quantitative estimate of drug-likeness (QED) is 0.271. The summed E-state index contributed by atoms with van der Waals surface area (Å²) >= 11 is 0. The first-order chi connectivity index (χ1) is 9.99. The Balaban J connectivity index is 2.53. The van der Waals surface area contributed by atoms with E-state index < -0.39 is 10.0 Å². The molecular weight excluding hydrogens is 298 g/mol. The van der Waals surface area contributed by atoms with Crippen LogP contribution in [0.2, 0.25) is 0 Å². The van der Waals surface area contributed by atoms with Crippen LogP contribution in [0, 0.1) is 0 Å². The van der Waals surface area contributed by atoms with E-state index in [4.69, 9.17) is 15.7 Å². The summed E-state index contributed by atoms with van der Waals surface area (Å²) in [6.45, 7) is 0. The molecule has 21 heavy (non-hydrogen) atoms. The van der Waals surface area contributed by atoms with E-state index in [0.717, 1.165) is 6.20 Å². The van der Waals surface area contributed by atoms with E-state index in [9.17, 15) is 8.42 Å². The van der Waals surface area contributed by atoms with Crippen LogP contribution in [0.15, 0.2) is 40.6 Å². The highest BCUT2D eigenvalue weighted by Gasteiger charge is 2.21. The third-order valence-electron chi connectivity index (χ3n) is 2.65. The minimum absolute atomic E-state index is 0.0566. The van der Waals surface area contributed by atoms with Crippen molar-refractivity contribution in [2.75, 3.05) is 11.8 Å². The van der Waals surface area contributed by atoms with Gasteiger partial charge in [0, 0.05) is 11.8 Å². The Labute approximate surface area is 120 Å². The highest BCUT2D eigenvalue weighted by atomic mass is 32.2. The van der Waals surface area contributed by atoms with Crippen molar-refractivity contribution in [3.63, 3.8) is 0 Å². The Morgan fingerprint density at radius 2 is 2.29 bits per heavy atom. The molecule has 0 atom stereocenters. The zero-order chi connectivity index (χ0) is 15.5. The van der Waals surface area contributed by atoms with Gasteiger partial charge in [-0.25, -0.2) is 8.42 Å². The average molecular weight is 311 g/mol. The molecule has 0 spiro atoms. The van der Waals surface area contributed by atoms with E-state index in [-0.39, 0.29) is 27.7 Å². The molecule has 0 amide bonds. The molecule has 1 heterocycles. The van der Waals surface area contributed by atoms with Gasteiger partial charge in [-0.1, -0.05) is 11.2 Å². The Kier molecular flexibility index (Phi) is 3.98. The van der Waals surface area contributed by atoms with Crippen molar-refractivity contribution >= 4 is 21.5 Å². The molecule has 0 aliphatic carbocycles. The number of H-pyrrole nitrogens is 1. The summed E-state index contributed by atoms with van der Waals surface area (Å²) in [4.78, 5) is -0.0566. The van der Waals surface area contributed by atoms with Crippen LogP contribution in [0.25, 0.3) is 0 Å². The Hall–Kier alpha value is -2.75. The van der Waals surface area contributed by atoms with Crippen molar-refractivity contribution in [1.82, 2.24) is 10.2 Å². The largest absolute Gasteiger partial charge is 0.495 e. The minimum atomic E-state index is -3.88. The second-order valence-corrected chi connectivity index (χ2v) is 5.59. The highest BCUT2D eigenvalue weighted by molar-refractivity contribution is 7.92. The number of sulfonamides is 1. The fraction of sp³-hybridized carbons (Fsp3) is 0.0909. The molecule has 0 aliphatic rings. The number of para-hydroxylation sites is 1. The van der Waals surface area contributed by atoms with Gasteiger partial charge in [0.25, 0.3) is 10.0 Å². The average Bonchev–Trinajstić information content (AvgIpc) is 3.01. The number of nitrogens with zero attached hydrogens (tertiary/aromatic N) is 2. The maximum Gasteiger partial charge on any atom is 0.265 e. The normalized spacial score (nSPS) is 12.1. The number of oxime groups is 1. The third kappa shape index (κ3) is 2.89. The maximum atomic E-state index is 12.2. The predicted molar refractivity (Wildman–Crippen MR) is 74.9 cm³/mol. The topological polar surface area (TPSA) is 143 Å². The molecule has 0 fully saturated rings. The number of methoxy groups -OCH3 is 1. The number of nitrogens with two attached hydrogens (primary N) is 1. The molecule has 0 bridgehead atoms. The van der Waals surface area contributed by atoms with Gasteiger partial charge in [0.2, 0.25) is 0 Å². The second-order valence-electron chi connectivity index (χ2n) is 3.91. The number of amidine groups is 1. The number of aromatic amines is 1. The van der Waals surface area contributed by atoms with Crippen LogP contribution in [0.3, 0.4) is 0 Å². The van der Waals surface area contributed by atoms with Gasteiger partial charge in [-0.15, -0.1) is 0 Å². The number of hydrogen-bond donors (Lipinski definition) is 4. The number of nitrogens with one attached hydrogen (secondary N) is 2. The molecule has 1 aromatic heterocycles. The Morgan fingerprint density at radius 3 is 2.86 bits per heavy atom. The number of anilines is 1. The summed E-state index contributed by atoms with van der Waals surface area (Å²) in [6.07, 6.45) is 2.38. The summed E-state index contributed by atoms with van der Waals surface area (Å²) in [6, 6.07) is 4.62. The lowest BCUT2D eigenvalue weighted by molar-refractivity contribution is 0.318. The molecule has 1 aromatic carbocycles. The molecule has 9 nitrogen and oxygen atoms in total. The zero-order valence-corrected chi connectivity index (χ0v) is 11.8. The van der Waals surface area contributed by atoms with E-state index in [0.29, 0.717) is 0 Å². The van der Waals surface area contributed by atoms with Crippen LogP contribution in [-0.2, 0) is 10.0 Å². The molecule has 0 aliphatic heterocycles. The van der Waals surface area contributed by atoms with Gasteiger partial charge >= 0.3 is 0 Å². The molecule has 0 saturated heterocycles. The van der Waals surface area contributed by atoms with E-state index in [1.165, 1.54) is 19.4 Å². The van der Waals surface area contributed by atoms with Gasteiger partial charge in [0.15, 0.2) is 5.84 Å². The standard InChI is InChI=1S/C11H13N5O4S/c1-20-9-4-2-3-8(11(12)15-17)10(9)16-21(18,19)7-5-13-14-6-7/h2-6,16-17H,1H3,(H2,12,15)(H,13,14).